The first-order valence-corrected chi connectivity index (χ1v) is 3.45. The zero-order valence-electron chi connectivity index (χ0n) is 4.91. The molecule has 0 unspecified atom stereocenters. The number of alkyl halides is 1. The molecule has 0 amide bonds. The Bertz CT molecular complexity index is 41.4. The molecule has 0 radical (unpaired) electrons. The van der Waals surface area contributed by atoms with Crippen LogP contribution < -0.4 is 12.4 Å². The smallest absolute Gasteiger partial charge is 0.129 e. The molecular formula is C4H11ClIN. The summed E-state index contributed by atoms with van der Waals surface area (Å²) in [6.45, 7) is 0. The minimum atomic E-state index is 0. The maximum atomic E-state index is 2.37. The molecule has 0 fully saturated rings. The van der Waals surface area contributed by atoms with E-state index in [4.69, 9.17) is 0 Å². The van der Waals surface area contributed by atoms with Crippen molar-refractivity contribution in [1.82, 2.24) is 0 Å². The summed E-state index contributed by atoms with van der Waals surface area (Å²) in [4.78, 5) is 0. The van der Waals surface area contributed by atoms with Crippen LogP contribution in [0.5, 0.6) is 0 Å². The lowest BCUT2D eigenvalue weighted by molar-refractivity contribution is -0.853. The van der Waals surface area contributed by atoms with Crippen molar-refractivity contribution in [3.8, 4) is 0 Å². The largest absolute Gasteiger partial charge is 1.00 e. The lowest BCUT2D eigenvalue weighted by atomic mass is 10.8. The summed E-state index contributed by atoms with van der Waals surface area (Å²) < 4.78 is 2.23. The third-order valence-electron chi connectivity index (χ3n) is 0.359. The summed E-state index contributed by atoms with van der Waals surface area (Å²) in [7, 11) is 6.52. The van der Waals surface area contributed by atoms with Gasteiger partial charge in [0.15, 0.2) is 0 Å². The molecule has 1 nitrogen and oxygen atoms in total. The van der Waals surface area contributed by atoms with Gasteiger partial charge < -0.3 is 16.9 Å². The van der Waals surface area contributed by atoms with Crippen LogP contribution in [0.3, 0.4) is 0 Å². The highest BCUT2D eigenvalue weighted by Gasteiger charge is 1.99. The van der Waals surface area contributed by atoms with E-state index in [1.54, 1.807) is 0 Å². The molecule has 0 aromatic heterocycles. The third-order valence-corrected chi connectivity index (χ3v) is 2.41. The summed E-state index contributed by atoms with van der Waals surface area (Å²) in [6.07, 6.45) is 0. The quantitative estimate of drug-likeness (QED) is 0.215. The Hall–Kier alpha value is 0.980. The van der Waals surface area contributed by atoms with E-state index in [0.29, 0.717) is 0 Å². The van der Waals surface area contributed by atoms with E-state index in [0.717, 1.165) is 4.48 Å². The molecule has 0 rings (SSSR count). The van der Waals surface area contributed by atoms with E-state index in [-0.39, 0.29) is 12.4 Å². The van der Waals surface area contributed by atoms with Gasteiger partial charge in [-0.15, -0.1) is 0 Å². The van der Waals surface area contributed by atoms with Crippen molar-refractivity contribution >= 4 is 22.6 Å². The summed E-state index contributed by atoms with van der Waals surface area (Å²) in [6, 6.07) is 0. The third kappa shape index (κ3) is 10.9. The van der Waals surface area contributed by atoms with Crippen LogP contribution >= 0.6 is 22.6 Å². The van der Waals surface area contributed by atoms with Crippen molar-refractivity contribution in [2.45, 2.75) is 0 Å². The Balaban J connectivity index is 0. The van der Waals surface area contributed by atoms with Crippen molar-refractivity contribution < 1.29 is 16.9 Å². The normalized spacial score (nSPS) is 10.3. The van der Waals surface area contributed by atoms with E-state index in [1.165, 1.54) is 4.55 Å². The van der Waals surface area contributed by atoms with Crippen LogP contribution in [0.4, 0.5) is 0 Å². The average molecular weight is 235 g/mol. The summed E-state index contributed by atoms with van der Waals surface area (Å²) in [5.41, 5.74) is 0. The highest BCUT2D eigenvalue weighted by molar-refractivity contribution is 14.1. The SMILES string of the molecule is C[N+](C)(C)CI.[Cl-]. The van der Waals surface area contributed by atoms with Crippen LogP contribution in [-0.2, 0) is 0 Å². The van der Waals surface area contributed by atoms with Gasteiger partial charge in [-0.05, 0) is 22.6 Å². The molecule has 46 valence electrons. The number of rotatable bonds is 1. The monoisotopic (exact) mass is 235 g/mol. The van der Waals surface area contributed by atoms with Crippen molar-refractivity contribution in [2.75, 3.05) is 25.7 Å². The van der Waals surface area contributed by atoms with Gasteiger partial charge in [0, 0.05) is 0 Å². The molecule has 0 saturated heterocycles. The van der Waals surface area contributed by atoms with Crippen molar-refractivity contribution in [2.24, 2.45) is 0 Å². The molecule has 0 aromatic rings. The molecule has 0 saturated carbocycles. The summed E-state index contributed by atoms with van der Waals surface area (Å²) in [5.74, 6) is 0. The Kier molecular flexibility index (Phi) is 6.09. The number of hydrogen-bond donors (Lipinski definition) is 0. The fourth-order valence-corrected chi connectivity index (χ4v) is 0. The summed E-state index contributed by atoms with van der Waals surface area (Å²) in [5, 5.41) is 0. The van der Waals surface area contributed by atoms with E-state index in [2.05, 4.69) is 43.7 Å². The first-order valence-electron chi connectivity index (χ1n) is 1.93. The van der Waals surface area contributed by atoms with Gasteiger partial charge in [0.25, 0.3) is 0 Å². The highest BCUT2D eigenvalue weighted by atomic mass is 127. The molecule has 0 atom stereocenters. The van der Waals surface area contributed by atoms with Crippen LogP contribution in [0.2, 0.25) is 0 Å². The minimum absolute atomic E-state index is 0. The number of nitrogens with zero attached hydrogens (tertiary/aromatic N) is 1. The highest BCUT2D eigenvalue weighted by Crippen LogP contribution is 1.93. The molecule has 0 aliphatic carbocycles. The first-order chi connectivity index (χ1) is 2.56. The second-order valence-electron chi connectivity index (χ2n) is 2.41. The van der Waals surface area contributed by atoms with Crippen LogP contribution in [-0.4, -0.2) is 30.2 Å². The Morgan fingerprint density at radius 3 is 1.43 bits per heavy atom. The van der Waals surface area contributed by atoms with Crippen molar-refractivity contribution in [1.29, 1.82) is 0 Å². The molecule has 0 bridgehead atoms. The predicted octanol–water partition coefficient (Wildman–Crippen LogP) is -1.91. The fraction of sp³-hybridized carbons (Fsp3) is 1.00. The van der Waals surface area contributed by atoms with Gasteiger partial charge in [-0.3, -0.25) is 0 Å². The Morgan fingerprint density at radius 2 is 1.43 bits per heavy atom. The van der Waals surface area contributed by atoms with E-state index >= 15 is 0 Å². The lowest BCUT2D eigenvalue weighted by Gasteiger charge is -2.19. The predicted molar refractivity (Wildman–Crippen MR) is 36.9 cm³/mol. The van der Waals surface area contributed by atoms with Crippen LogP contribution in [0.25, 0.3) is 0 Å². The second-order valence-corrected chi connectivity index (χ2v) is 3.09. The van der Waals surface area contributed by atoms with Gasteiger partial charge in [-0.1, -0.05) is 0 Å². The average Bonchev–Trinajstić information content (AvgIpc) is 1.35. The number of halogens is 2. The van der Waals surface area contributed by atoms with Crippen LogP contribution in [0.15, 0.2) is 0 Å². The Morgan fingerprint density at radius 1 is 1.29 bits per heavy atom. The molecule has 0 heterocycles. The van der Waals surface area contributed by atoms with Crippen molar-refractivity contribution in [3.63, 3.8) is 0 Å². The van der Waals surface area contributed by atoms with E-state index in [1.807, 2.05) is 0 Å². The molecule has 0 spiro atoms. The molecule has 0 N–H and O–H groups in total. The minimum Gasteiger partial charge on any atom is -1.00 e. The standard InChI is InChI=1S/C4H11IN.ClH/c1-6(2,3)4-5;/h4H2,1-3H3;1H/q+1;/p-1. The van der Waals surface area contributed by atoms with E-state index < -0.39 is 0 Å². The van der Waals surface area contributed by atoms with Gasteiger partial charge in [-0.2, -0.15) is 0 Å². The fourth-order valence-electron chi connectivity index (χ4n) is 0. The Labute approximate surface area is 65.2 Å². The van der Waals surface area contributed by atoms with Gasteiger partial charge in [0.1, 0.15) is 4.55 Å². The van der Waals surface area contributed by atoms with Crippen molar-refractivity contribution in [3.05, 3.63) is 0 Å². The molecular weight excluding hydrogens is 224 g/mol. The zero-order valence-corrected chi connectivity index (χ0v) is 7.82. The van der Waals surface area contributed by atoms with Gasteiger partial charge in [0.05, 0.1) is 21.1 Å². The van der Waals surface area contributed by atoms with Gasteiger partial charge in [-0.25, -0.2) is 0 Å². The number of hydrogen-bond acceptors (Lipinski definition) is 0. The van der Waals surface area contributed by atoms with Crippen LogP contribution in [0.1, 0.15) is 0 Å². The summed E-state index contributed by atoms with van der Waals surface area (Å²) >= 11 is 2.37. The van der Waals surface area contributed by atoms with Gasteiger partial charge in [0.2, 0.25) is 0 Å². The van der Waals surface area contributed by atoms with E-state index in [9.17, 15) is 0 Å². The van der Waals surface area contributed by atoms with Gasteiger partial charge >= 0.3 is 0 Å². The maximum absolute atomic E-state index is 2.37. The first kappa shape index (κ1) is 10.9. The molecule has 7 heavy (non-hydrogen) atoms. The maximum Gasteiger partial charge on any atom is 0.129 e. The molecule has 0 aliphatic rings. The molecule has 3 heteroatoms. The molecule has 0 aliphatic heterocycles. The second kappa shape index (κ2) is 3.92. The zero-order chi connectivity index (χ0) is 5.21. The lowest BCUT2D eigenvalue weighted by Crippen LogP contribution is -3.00. The topological polar surface area (TPSA) is 0 Å². The number of quaternary nitrogens is 1. The molecule has 0 aromatic carbocycles. The van der Waals surface area contributed by atoms with Crippen LogP contribution in [0, 0.1) is 0 Å².